The van der Waals surface area contributed by atoms with E-state index in [0.717, 1.165) is 38.1 Å². The number of allylic oxidation sites excluding steroid dienone is 1. The van der Waals surface area contributed by atoms with Crippen LogP contribution in [-0.4, -0.2) is 4.57 Å². The van der Waals surface area contributed by atoms with Crippen LogP contribution in [0.25, 0.3) is 15.9 Å². The first-order valence-corrected chi connectivity index (χ1v) is 8.91. The maximum atomic E-state index is 6.57. The fourth-order valence-electron chi connectivity index (χ4n) is 3.25. The summed E-state index contributed by atoms with van der Waals surface area (Å²) in [5, 5.41) is 0. The molecular formula is C21H26BrN3. The predicted octanol–water partition coefficient (Wildman–Crippen LogP) is 5.40. The van der Waals surface area contributed by atoms with Gasteiger partial charge in [0.15, 0.2) is 0 Å². The van der Waals surface area contributed by atoms with Crippen LogP contribution in [0.4, 0.5) is 5.82 Å². The molecule has 2 aromatic rings. The van der Waals surface area contributed by atoms with Gasteiger partial charge in [-0.1, -0.05) is 53.4 Å². The van der Waals surface area contributed by atoms with Crippen LogP contribution in [0.15, 0.2) is 37.4 Å². The van der Waals surface area contributed by atoms with Gasteiger partial charge in [0.05, 0.1) is 5.69 Å². The minimum absolute atomic E-state index is 0.428. The molecule has 0 bridgehead atoms. The molecule has 2 rings (SSSR count). The quantitative estimate of drug-likeness (QED) is 0.661. The van der Waals surface area contributed by atoms with Crippen molar-refractivity contribution in [3.8, 4) is 5.69 Å². The molecule has 0 spiro atoms. The van der Waals surface area contributed by atoms with Crippen molar-refractivity contribution in [2.24, 2.45) is 5.73 Å². The minimum Gasteiger partial charge on any atom is -0.399 e. The highest BCUT2D eigenvalue weighted by molar-refractivity contribution is 9.15. The molecule has 1 aromatic heterocycles. The summed E-state index contributed by atoms with van der Waals surface area (Å²) >= 11 is 3.52. The second-order valence-electron chi connectivity index (χ2n) is 6.65. The Morgan fingerprint density at radius 2 is 1.64 bits per heavy atom. The van der Waals surface area contributed by atoms with E-state index in [1.165, 1.54) is 11.1 Å². The van der Waals surface area contributed by atoms with Gasteiger partial charge in [-0.05, 0) is 44.4 Å². The minimum atomic E-state index is 0.428. The molecule has 0 saturated carbocycles. The molecule has 1 heterocycles. The lowest BCUT2D eigenvalue weighted by Crippen LogP contribution is -2.10. The number of nitrogens with two attached hydrogens (primary N) is 2. The van der Waals surface area contributed by atoms with Gasteiger partial charge in [0.2, 0.25) is 0 Å². The van der Waals surface area contributed by atoms with Crippen LogP contribution in [0.5, 0.6) is 0 Å². The lowest BCUT2D eigenvalue weighted by atomic mass is 10.0. The molecule has 0 aliphatic heterocycles. The molecule has 132 valence electrons. The number of hydrogen-bond acceptors (Lipinski definition) is 2. The summed E-state index contributed by atoms with van der Waals surface area (Å²) in [6.45, 7) is 20.4. The Labute approximate surface area is 158 Å². The number of anilines is 1. The molecule has 4 heteroatoms. The number of rotatable bonds is 5. The Morgan fingerprint density at radius 1 is 1.08 bits per heavy atom. The summed E-state index contributed by atoms with van der Waals surface area (Å²) in [5.74, 6) is 0.580. The molecule has 0 fully saturated rings. The third kappa shape index (κ3) is 3.31. The van der Waals surface area contributed by atoms with E-state index in [4.69, 9.17) is 11.5 Å². The molecule has 3 nitrogen and oxygen atoms in total. The number of aryl methyl sites for hydroxylation is 2. The Morgan fingerprint density at radius 3 is 2.12 bits per heavy atom. The molecule has 1 aromatic carbocycles. The number of hydrogen-bond donors (Lipinski definition) is 2. The van der Waals surface area contributed by atoms with Crippen molar-refractivity contribution >= 4 is 31.9 Å². The standard InChI is InChI=1S/C21H26BrN3/c1-11(2)10-17-18(15(6)22)19(16(7)23)21(24)25(17)20-13(4)9-8-12(3)14(20)5/h8-9H,1,6-7,10,23-24H2,2-5H3. The van der Waals surface area contributed by atoms with Crippen LogP contribution >= 0.6 is 15.9 Å². The maximum absolute atomic E-state index is 6.57. The number of nitrogen functional groups attached to an aromatic ring is 1. The summed E-state index contributed by atoms with van der Waals surface area (Å²) in [5.41, 5.74) is 21.4. The Bertz CT molecular complexity index is 901. The fraction of sp³-hybridized carbons (Fsp3) is 0.238. The summed E-state index contributed by atoms with van der Waals surface area (Å²) in [7, 11) is 0. The van der Waals surface area contributed by atoms with Crippen LogP contribution in [0.1, 0.15) is 40.4 Å². The van der Waals surface area contributed by atoms with E-state index >= 15 is 0 Å². The molecule has 4 N–H and O–H groups in total. The zero-order chi connectivity index (χ0) is 19.0. The third-order valence-electron chi connectivity index (χ3n) is 4.49. The topological polar surface area (TPSA) is 57.0 Å². The van der Waals surface area contributed by atoms with E-state index in [0.29, 0.717) is 17.9 Å². The molecule has 0 radical (unpaired) electrons. The Balaban J connectivity index is 3.03. The summed E-state index contributed by atoms with van der Waals surface area (Å²) in [6.07, 6.45) is 0.671. The first-order chi connectivity index (χ1) is 11.6. The SMILES string of the molecule is C=C(C)Cc1c(C(=C)Br)c(C(=C)N)c(N)n1-c1c(C)ccc(C)c1C. The third-order valence-corrected chi connectivity index (χ3v) is 4.89. The zero-order valence-corrected chi connectivity index (χ0v) is 17.0. The first-order valence-electron chi connectivity index (χ1n) is 8.12. The summed E-state index contributed by atoms with van der Waals surface area (Å²) in [6, 6.07) is 4.24. The van der Waals surface area contributed by atoms with Crippen LogP contribution in [0.2, 0.25) is 0 Å². The summed E-state index contributed by atoms with van der Waals surface area (Å²) < 4.78 is 2.82. The Hall–Kier alpha value is -2.20. The van der Waals surface area contributed by atoms with Crippen molar-refractivity contribution < 1.29 is 0 Å². The van der Waals surface area contributed by atoms with Gasteiger partial charge in [-0.15, -0.1) is 0 Å². The van der Waals surface area contributed by atoms with E-state index in [2.05, 4.69) is 73.1 Å². The lowest BCUT2D eigenvalue weighted by molar-refractivity contribution is 0.935. The average molecular weight is 400 g/mol. The largest absolute Gasteiger partial charge is 0.399 e. The fourth-order valence-corrected chi connectivity index (χ4v) is 3.67. The predicted molar refractivity (Wildman–Crippen MR) is 114 cm³/mol. The zero-order valence-electron chi connectivity index (χ0n) is 15.5. The van der Waals surface area contributed by atoms with E-state index in [-0.39, 0.29) is 0 Å². The molecule has 0 aliphatic carbocycles. The maximum Gasteiger partial charge on any atom is 0.118 e. The van der Waals surface area contributed by atoms with Gasteiger partial charge in [0.1, 0.15) is 5.82 Å². The highest BCUT2D eigenvalue weighted by Crippen LogP contribution is 2.40. The van der Waals surface area contributed by atoms with Crippen molar-refractivity contribution in [2.75, 3.05) is 5.73 Å². The molecule has 0 amide bonds. The van der Waals surface area contributed by atoms with E-state index in [1.54, 1.807) is 0 Å². The molecule has 0 aliphatic rings. The van der Waals surface area contributed by atoms with Gasteiger partial charge >= 0.3 is 0 Å². The number of nitrogens with zero attached hydrogens (tertiary/aromatic N) is 1. The second-order valence-corrected chi connectivity index (χ2v) is 7.61. The van der Waals surface area contributed by atoms with Crippen LogP contribution in [-0.2, 0) is 6.42 Å². The smallest absolute Gasteiger partial charge is 0.118 e. The van der Waals surface area contributed by atoms with Crippen molar-refractivity contribution in [1.29, 1.82) is 0 Å². The molecule has 0 saturated heterocycles. The van der Waals surface area contributed by atoms with Crippen molar-refractivity contribution in [2.45, 2.75) is 34.1 Å². The van der Waals surface area contributed by atoms with Gasteiger partial charge < -0.3 is 11.5 Å². The lowest BCUT2D eigenvalue weighted by Gasteiger charge is -2.19. The normalized spacial score (nSPS) is 10.8. The number of aromatic nitrogens is 1. The van der Waals surface area contributed by atoms with Gasteiger partial charge in [-0.3, -0.25) is 4.57 Å². The van der Waals surface area contributed by atoms with Crippen molar-refractivity contribution in [3.63, 3.8) is 0 Å². The van der Waals surface area contributed by atoms with E-state index < -0.39 is 0 Å². The molecule has 0 unspecified atom stereocenters. The highest BCUT2D eigenvalue weighted by atomic mass is 79.9. The van der Waals surface area contributed by atoms with E-state index in [1.807, 2.05) is 6.92 Å². The molecule has 25 heavy (non-hydrogen) atoms. The van der Waals surface area contributed by atoms with Gasteiger partial charge in [-0.25, -0.2) is 0 Å². The van der Waals surface area contributed by atoms with Crippen LogP contribution in [0, 0.1) is 20.8 Å². The van der Waals surface area contributed by atoms with Crippen molar-refractivity contribution in [3.05, 3.63) is 71.0 Å². The number of benzene rings is 1. The molecule has 0 atom stereocenters. The van der Waals surface area contributed by atoms with Crippen LogP contribution in [0.3, 0.4) is 0 Å². The van der Waals surface area contributed by atoms with Crippen LogP contribution < -0.4 is 11.5 Å². The summed E-state index contributed by atoms with van der Waals surface area (Å²) in [4.78, 5) is 0. The Kier molecular flexibility index (Phi) is 5.33. The first kappa shape index (κ1) is 19.1. The van der Waals surface area contributed by atoms with Gasteiger partial charge in [-0.2, -0.15) is 0 Å². The van der Waals surface area contributed by atoms with Gasteiger partial charge in [0.25, 0.3) is 0 Å². The number of halogens is 1. The average Bonchev–Trinajstić information content (AvgIpc) is 2.76. The van der Waals surface area contributed by atoms with Crippen molar-refractivity contribution in [1.82, 2.24) is 4.57 Å². The second kappa shape index (κ2) is 6.96. The molecular weight excluding hydrogens is 374 g/mol. The highest BCUT2D eigenvalue weighted by Gasteiger charge is 2.25. The van der Waals surface area contributed by atoms with Gasteiger partial charge in [0, 0.05) is 33.4 Å². The van der Waals surface area contributed by atoms with E-state index in [9.17, 15) is 0 Å². The monoisotopic (exact) mass is 399 g/mol.